The molecule has 2 atom stereocenters. The van der Waals surface area contributed by atoms with E-state index in [0.29, 0.717) is 6.61 Å². The average molecular weight is 370 g/mol. The molecule has 28 heavy (non-hydrogen) atoms. The van der Waals surface area contributed by atoms with Crippen molar-refractivity contribution in [1.29, 1.82) is 0 Å². The zero-order chi connectivity index (χ0) is 18.9. The van der Waals surface area contributed by atoms with Crippen molar-refractivity contribution in [3.8, 4) is 11.5 Å². The first kappa shape index (κ1) is 16.9. The Kier molecular flexibility index (Phi) is 4.24. The number of hydrogen-bond acceptors (Lipinski definition) is 4. The third-order valence-corrected chi connectivity index (χ3v) is 5.26. The molecule has 0 fully saturated rings. The Labute approximate surface area is 165 Å². The normalized spacial score (nSPS) is 20.0. The van der Waals surface area contributed by atoms with Gasteiger partial charge in [-0.3, -0.25) is 0 Å². The summed E-state index contributed by atoms with van der Waals surface area (Å²) in [4.78, 5) is 0. The lowest BCUT2D eigenvalue weighted by atomic mass is 9.95. The monoisotopic (exact) mass is 370 g/mol. The molecule has 3 aromatic rings. The molecule has 0 aliphatic carbocycles. The second-order valence-corrected chi connectivity index (χ2v) is 7.03. The molecule has 0 amide bonds. The summed E-state index contributed by atoms with van der Waals surface area (Å²) in [6.45, 7) is 2.65. The summed E-state index contributed by atoms with van der Waals surface area (Å²) in [5.41, 5.74) is 4.48. The minimum absolute atomic E-state index is 0.129. The molecule has 0 aromatic heterocycles. The van der Waals surface area contributed by atoms with Gasteiger partial charge in [0.15, 0.2) is 0 Å². The molecule has 2 aliphatic rings. The molecule has 0 saturated heterocycles. The van der Waals surface area contributed by atoms with Gasteiger partial charge in [-0.25, -0.2) is 5.01 Å². The van der Waals surface area contributed by atoms with Crippen molar-refractivity contribution in [3.63, 3.8) is 0 Å². The number of hydrogen-bond donors (Lipinski definition) is 0. The first-order valence-electron chi connectivity index (χ1n) is 9.73. The minimum Gasteiger partial charge on any atom is -0.494 e. The van der Waals surface area contributed by atoms with E-state index in [2.05, 4.69) is 47.5 Å². The highest BCUT2D eigenvalue weighted by atomic mass is 16.5. The largest absolute Gasteiger partial charge is 0.494 e. The first-order valence-corrected chi connectivity index (χ1v) is 9.73. The van der Waals surface area contributed by atoms with Crippen molar-refractivity contribution in [2.45, 2.75) is 25.6 Å². The highest BCUT2D eigenvalue weighted by Gasteiger charge is 2.41. The van der Waals surface area contributed by atoms with Crippen LogP contribution >= 0.6 is 0 Å². The molecular formula is C24H22N2O2. The van der Waals surface area contributed by atoms with Crippen LogP contribution in [0.5, 0.6) is 11.5 Å². The van der Waals surface area contributed by atoms with E-state index in [4.69, 9.17) is 14.6 Å². The van der Waals surface area contributed by atoms with Crippen molar-refractivity contribution in [1.82, 2.24) is 5.01 Å². The molecule has 4 heteroatoms. The Morgan fingerprint density at radius 3 is 2.50 bits per heavy atom. The minimum atomic E-state index is -0.238. The van der Waals surface area contributed by atoms with E-state index in [1.807, 2.05) is 43.3 Å². The summed E-state index contributed by atoms with van der Waals surface area (Å²) in [5.74, 6) is 1.78. The molecule has 140 valence electrons. The summed E-state index contributed by atoms with van der Waals surface area (Å²) in [5, 5.41) is 7.10. The van der Waals surface area contributed by atoms with Gasteiger partial charge in [-0.1, -0.05) is 60.7 Å². The zero-order valence-electron chi connectivity index (χ0n) is 15.8. The fourth-order valence-electron chi connectivity index (χ4n) is 3.96. The molecule has 0 N–H and O–H groups in total. The van der Waals surface area contributed by atoms with E-state index in [-0.39, 0.29) is 12.3 Å². The predicted octanol–water partition coefficient (Wildman–Crippen LogP) is 5.33. The van der Waals surface area contributed by atoms with Gasteiger partial charge in [0.2, 0.25) is 6.23 Å². The summed E-state index contributed by atoms with van der Waals surface area (Å²) >= 11 is 0. The van der Waals surface area contributed by atoms with Gasteiger partial charge in [0.25, 0.3) is 0 Å². The van der Waals surface area contributed by atoms with Crippen LogP contribution in [-0.4, -0.2) is 17.3 Å². The highest BCUT2D eigenvalue weighted by Crippen LogP contribution is 2.48. The molecule has 3 aromatic carbocycles. The van der Waals surface area contributed by atoms with Crippen molar-refractivity contribution in [3.05, 3.63) is 95.6 Å². The first-order chi connectivity index (χ1) is 13.8. The predicted molar refractivity (Wildman–Crippen MR) is 110 cm³/mol. The standard InChI is InChI=1S/C24H22N2O2/c1-2-27-19-13-14-23-20(15-19)22-16-21(17-9-5-3-6-10-17)25-26(22)24(28-23)18-11-7-4-8-12-18/h3-15,22,24H,2,16H2,1H3/t22-,24-/m0/s1. The Hall–Kier alpha value is -3.27. The van der Waals surface area contributed by atoms with Gasteiger partial charge in [0, 0.05) is 17.5 Å². The highest BCUT2D eigenvalue weighted by molar-refractivity contribution is 6.01. The lowest BCUT2D eigenvalue weighted by Gasteiger charge is -2.38. The second-order valence-electron chi connectivity index (χ2n) is 7.03. The Balaban J connectivity index is 1.59. The molecule has 5 rings (SSSR count). The lowest BCUT2D eigenvalue weighted by molar-refractivity contribution is -0.0191. The summed E-state index contributed by atoms with van der Waals surface area (Å²) in [6.07, 6.45) is 0.608. The van der Waals surface area contributed by atoms with Gasteiger partial charge in [-0.2, -0.15) is 5.10 Å². The fraction of sp³-hybridized carbons (Fsp3) is 0.208. The number of rotatable bonds is 4. The number of ether oxygens (including phenoxy) is 2. The van der Waals surface area contributed by atoms with Crippen LogP contribution in [0.3, 0.4) is 0 Å². The zero-order valence-corrected chi connectivity index (χ0v) is 15.8. The van der Waals surface area contributed by atoms with E-state index >= 15 is 0 Å². The number of nitrogens with zero attached hydrogens (tertiary/aromatic N) is 2. The van der Waals surface area contributed by atoms with Crippen molar-refractivity contribution < 1.29 is 9.47 Å². The molecular weight excluding hydrogens is 348 g/mol. The smallest absolute Gasteiger partial charge is 0.213 e. The van der Waals surface area contributed by atoms with Crippen LogP contribution in [0.4, 0.5) is 0 Å². The molecule has 0 unspecified atom stereocenters. The number of hydrazone groups is 1. The molecule has 2 heterocycles. The Morgan fingerprint density at radius 2 is 1.75 bits per heavy atom. The van der Waals surface area contributed by atoms with Crippen LogP contribution in [0, 0.1) is 0 Å². The van der Waals surface area contributed by atoms with Crippen LogP contribution in [0.2, 0.25) is 0 Å². The van der Waals surface area contributed by atoms with Crippen molar-refractivity contribution >= 4 is 5.71 Å². The Bertz CT molecular complexity index is 1000. The second kappa shape index (κ2) is 7.04. The number of fused-ring (bicyclic) bond motifs is 3. The molecule has 0 radical (unpaired) electrons. The van der Waals surface area contributed by atoms with E-state index < -0.39 is 0 Å². The topological polar surface area (TPSA) is 34.1 Å². The molecule has 0 bridgehead atoms. The van der Waals surface area contributed by atoms with E-state index in [0.717, 1.165) is 40.3 Å². The van der Waals surface area contributed by atoms with Crippen LogP contribution in [-0.2, 0) is 0 Å². The maximum Gasteiger partial charge on any atom is 0.213 e. The Morgan fingerprint density at radius 1 is 1.00 bits per heavy atom. The van der Waals surface area contributed by atoms with Gasteiger partial charge < -0.3 is 9.47 Å². The summed E-state index contributed by atoms with van der Waals surface area (Å²) in [7, 11) is 0. The van der Waals surface area contributed by atoms with Crippen LogP contribution in [0.25, 0.3) is 0 Å². The maximum absolute atomic E-state index is 6.41. The van der Waals surface area contributed by atoms with Gasteiger partial charge in [-0.15, -0.1) is 0 Å². The molecule has 0 saturated carbocycles. The fourth-order valence-corrected chi connectivity index (χ4v) is 3.96. The summed E-state index contributed by atoms with van der Waals surface area (Å²) in [6, 6.07) is 26.9. The van der Waals surface area contributed by atoms with Gasteiger partial charge in [0.1, 0.15) is 11.5 Å². The lowest BCUT2D eigenvalue weighted by Crippen LogP contribution is -2.33. The molecule has 2 aliphatic heterocycles. The van der Waals surface area contributed by atoms with Crippen molar-refractivity contribution in [2.24, 2.45) is 5.10 Å². The molecule has 0 spiro atoms. The summed E-state index contributed by atoms with van der Waals surface area (Å²) < 4.78 is 12.1. The van der Waals surface area contributed by atoms with E-state index in [1.54, 1.807) is 0 Å². The third kappa shape index (κ3) is 2.91. The van der Waals surface area contributed by atoms with E-state index in [9.17, 15) is 0 Å². The van der Waals surface area contributed by atoms with Crippen molar-refractivity contribution in [2.75, 3.05) is 6.61 Å². The maximum atomic E-state index is 6.41. The van der Waals surface area contributed by atoms with Crippen LogP contribution in [0.1, 0.15) is 42.3 Å². The number of benzene rings is 3. The van der Waals surface area contributed by atoms with Crippen LogP contribution in [0.15, 0.2) is 84.0 Å². The van der Waals surface area contributed by atoms with Gasteiger partial charge in [-0.05, 0) is 30.7 Å². The van der Waals surface area contributed by atoms with Gasteiger partial charge in [0.05, 0.1) is 18.4 Å². The third-order valence-electron chi connectivity index (χ3n) is 5.26. The van der Waals surface area contributed by atoms with Gasteiger partial charge >= 0.3 is 0 Å². The SMILES string of the molecule is CCOc1ccc2c(c1)[C@@H]1CC(c3ccccc3)=NN1[C@H](c1ccccc1)O2. The van der Waals surface area contributed by atoms with E-state index in [1.165, 1.54) is 0 Å². The quantitative estimate of drug-likeness (QED) is 0.623. The van der Waals surface area contributed by atoms with Crippen LogP contribution < -0.4 is 9.47 Å². The average Bonchev–Trinajstić information content (AvgIpc) is 3.21. The molecule has 4 nitrogen and oxygen atoms in total.